The van der Waals surface area contributed by atoms with E-state index in [0.717, 1.165) is 34.2 Å². The second-order valence-electron chi connectivity index (χ2n) is 11.4. The highest BCUT2D eigenvalue weighted by Gasteiger charge is 2.54. The molecule has 192 valence electrons. The van der Waals surface area contributed by atoms with Crippen molar-refractivity contribution in [1.82, 2.24) is 15.1 Å². The first-order chi connectivity index (χ1) is 17.2. The Morgan fingerprint density at radius 3 is 2.83 bits per heavy atom. The minimum atomic E-state index is -0.347. The molecular weight excluding hydrogens is 517 g/mol. The highest BCUT2D eigenvalue weighted by molar-refractivity contribution is 6.32. The van der Waals surface area contributed by atoms with Crippen LogP contribution < -0.4 is 5.32 Å². The quantitative estimate of drug-likeness (QED) is 0.436. The van der Waals surface area contributed by atoms with E-state index in [-0.39, 0.29) is 16.7 Å². The van der Waals surface area contributed by atoms with Crippen molar-refractivity contribution in [2.45, 2.75) is 63.1 Å². The first-order valence-corrected chi connectivity index (χ1v) is 14.3. The van der Waals surface area contributed by atoms with Gasteiger partial charge in [-0.2, -0.15) is 5.10 Å². The summed E-state index contributed by atoms with van der Waals surface area (Å²) < 4.78 is 7.96. The van der Waals surface area contributed by atoms with Gasteiger partial charge in [-0.15, -0.1) is 23.2 Å². The van der Waals surface area contributed by atoms with Gasteiger partial charge in [-0.1, -0.05) is 37.6 Å². The van der Waals surface area contributed by atoms with E-state index in [1.807, 2.05) is 29.0 Å². The minimum Gasteiger partial charge on any atom is -0.497 e. The van der Waals surface area contributed by atoms with Crippen molar-refractivity contribution in [2.24, 2.45) is 23.2 Å². The molecule has 1 aromatic rings. The van der Waals surface area contributed by atoms with E-state index in [2.05, 4.69) is 19.2 Å². The van der Waals surface area contributed by atoms with Crippen molar-refractivity contribution in [3.63, 3.8) is 0 Å². The summed E-state index contributed by atoms with van der Waals surface area (Å²) in [6.07, 6.45) is 13.2. The van der Waals surface area contributed by atoms with Crippen LogP contribution in [0.1, 0.15) is 67.7 Å². The van der Waals surface area contributed by atoms with E-state index >= 15 is 0 Å². The van der Waals surface area contributed by atoms with Gasteiger partial charge in [0.25, 0.3) is 5.91 Å². The molecule has 7 rings (SSSR count). The summed E-state index contributed by atoms with van der Waals surface area (Å²) in [7, 11) is 0. The monoisotopic (exact) mass is 547 g/mol. The molecule has 3 saturated carbocycles. The highest BCUT2D eigenvalue weighted by atomic mass is 35.5. The predicted octanol–water partition coefficient (Wildman–Crippen LogP) is 6.51. The molecule has 0 aromatic carbocycles. The van der Waals surface area contributed by atoms with E-state index in [1.165, 1.54) is 19.3 Å². The maximum atomic E-state index is 13.6. The van der Waals surface area contributed by atoms with Gasteiger partial charge in [-0.05, 0) is 54.6 Å². The molecule has 6 aliphatic rings. The molecule has 3 fully saturated rings. The van der Waals surface area contributed by atoms with E-state index in [0.29, 0.717) is 60.4 Å². The van der Waals surface area contributed by atoms with E-state index < -0.39 is 0 Å². The van der Waals surface area contributed by atoms with E-state index in [1.54, 1.807) is 0 Å². The molecule has 0 spiro atoms. The number of amides is 1. The molecular formula is C28H32Cl3N3O2. The first kappa shape index (κ1) is 24.6. The molecule has 1 amide bonds. The summed E-state index contributed by atoms with van der Waals surface area (Å²) in [6, 6.07) is 0. The topological polar surface area (TPSA) is 56.2 Å². The Bertz CT molecular complexity index is 1220. The summed E-state index contributed by atoms with van der Waals surface area (Å²) in [5, 5.41) is 8.37. The zero-order valence-corrected chi connectivity index (χ0v) is 23.0. The number of ether oxygens (including phenoxy) is 1. The summed E-state index contributed by atoms with van der Waals surface area (Å²) >= 11 is 19.4. The summed E-state index contributed by atoms with van der Waals surface area (Å²) in [5.41, 5.74) is 4.34. The van der Waals surface area contributed by atoms with Crippen LogP contribution in [-0.4, -0.2) is 39.6 Å². The number of hydrogen-bond acceptors (Lipinski definition) is 3. The lowest BCUT2D eigenvalue weighted by Gasteiger charge is -2.60. The molecule has 8 heteroatoms. The molecule has 36 heavy (non-hydrogen) atoms. The van der Waals surface area contributed by atoms with Crippen LogP contribution in [-0.2, 0) is 11.2 Å². The van der Waals surface area contributed by atoms with Crippen molar-refractivity contribution >= 4 is 52.0 Å². The minimum absolute atomic E-state index is 0.119. The maximum Gasteiger partial charge on any atom is 0.272 e. The number of hydrogen-bond donors (Lipinski definition) is 1. The maximum absolute atomic E-state index is 13.6. The number of carbonyl (C=O) groups excluding carboxylic acids is 1. The number of fused-ring (bicyclic) bond motifs is 4. The predicted molar refractivity (Wildman–Crippen MR) is 145 cm³/mol. The average molecular weight is 549 g/mol. The Balaban J connectivity index is 1.35. The molecule has 1 N–H and O–H groups in total. The van der Waals surface area contributed by atoms with Gasteiger partial charge < -0.3 is 10.1 Å². The van der Waals surface area contributed by atoms with Crippen LogP contribution >= 0.6 is 34.8 Å². The Morgan fingerprint density at radius 2 is 2.08 bits per heavy atom. The third-order valence-electron chi connectivity index (χ3n) is 9.14. The lowest BCUT2D eigenvalue weighted by Crippen LogP contribution is -2.54. The standard InChI is InChI=1S/C28H32Cl3N3O2/c1-28(2)16-4-3-15(21(28)11-16)14-32-27(35)25-20-9-10-36-24-13-18(30)5-7-19(24)26(20)34(33-25)23-8-6-17(29)12-22(23)31/h5-8,15-16,18,21-22H,3-4,9-14H2,1-2H3,(H,32,35). The highest BCUT2D eigenvalue weighted by Crippen LogP contribution is 2.61. The number of rotatable bonds is 4. The number of carbonyl (C=O) groups is 1. The normalized spacial score (nSPS) is 32.3. The molecule has 5 nitrogen and oxygen atoms in total. The van der Waals surface area contributed by atoms with Crippen molar-refractivity contribution in [3.05, 3.63) is 52.0 Å². The van der Waals surface area contributed by atoms with E-state index in [9.17, 15) is 4.79 Å². The van der Waals surface area contributed by atoms with Crippen LogP contribution in [0.15, 0.2) is 35.1 Å². The van der Waals surface area contributed by atoms with Crippen LogP contribution in [0.2, 0.25) is 0 Å². The fraction of sp³-hybridized carbons (Fsp3) is 0.571. The molecule has 0 radical (unpaired) electrons. The fourth-order valence-electron chi connectivity index (χ4n) is 6.95. The van der Waals surface area contributed by atoms with E-state index in [4.69, 9.17) is 44.6 Å². The second kappa shape index (κ2) is 9.25. The number of halogens is 3. The number of nitrogens with zero attached hydrogens (tertiary/aromatic N) is 2. The van der Waals surface area contributed by atoms with Gasteiger partial charge in [0.15, 0.2) is 5.69 Å². The number of allylic oxidation sites excluding steroid dienone is 8. The summed E-state index contributed by atoms with van der Waals surface area (Å²) in [6.45, 7) is 5.94. The third kappa shape index (κ3) is 4.06. The third-order valence-corrected chi connectivity index (χ3v) is 10.1. The largest absolute Gasteiger partial charge is 0.497 e. The van der Waals surface area contributed by atoms with Crippen molar-refractivity contribution in [1.29, 1.82) is 0 Å². The second-order valence-corrected chi connectivity index (χ2v) is 13.0. The van der Waals surface area contributed by atoms with Gasteiger partial charge in [0, 0.05) is 42.0 Å². The average Bonchev–Trinajstić information content (AvgIpc) is 3.11. The van der Waals surface area contributed by atoms with Crippen LogP contribution in [0.3, 0.4) is 0 Å². The fourth-order valence-corrected chi connectivity index (χ4v) is 7.79. The number of nitrogens with one attached hydrogen (secondary N) is 1. The lowest BCUT2D eigenvalue weighted by atomic mass is 9.45. The number of aromatic nitrogens is 2. The van der Waals surface area contributed by atoms with Gasteiger partial charge >= 0.3 is 0 Å². The smallest absolute Gasteiger partial charge is 0.272 e. The van der Waals surface area contributed by atoms with Gasteiger partial charge in [0.05, 0.1) is 28.8 Å². The number of alkyl halides is 2. The molecule has 5 aliphatic carbocycles. The first-order valence-electron chi connectivity index (χ1n) is 13.0. The molecule has 1 aromatic heterocycles. The molecule has 5 atom stereocenters. The molecule has 5 unspecified atom stereocenters. The Labute approximate surface area is 227 Å². The van der Waals surface area contributed by atoms with Gasteiger partial charge in [-0.3, -0.25) is 4.79 Å². The Kier molecular flexibility index (Phi) is 6.33. The Hall–Kier alpha value is -1.69. The Morgan fingerprint density at radius 1 is 1.25 bits per heavy atom. The van der Waals surface area contributed by atoms with Crippen LogP contribution in [0.5, 0.6) is 0 Å². The van der Waals surface area contributed by atoms with Crippen LogP contribution in [0.4, 0.5) is 0 Å². The molecule has 2 bridgehead atoms. The molecule has 0 saturated heterocycles. The lowest BCUT2D eigenvalue weighted by molar-refractivity contribution is -0.103. The van der Waals surface area contributed by atoms with Crippen molar-refractivity contribution < 1.29 is 9.53 Å². The molecule has 2 heterocycles. The van der Waals surface area contributed by atoms with Gasteiger partial charge in [0.2, 0.25) is 0 Å². The SMILES string of the molecule is CC1(C)C2CCC(CNC(=O)c3nn(C4=CC=C(Cl)CC4Cl)c4c3CCOC3=C4C=CC(Cl)C3)C1C2. The van der Waals surface area contributed by atoms with Gasteiger partial charge in [-0.25, -0.2) is 4.68 Å². The van der Waals surface area contributed by atoms with Crippen molar-refractivity contribution in [3.8, 4) is 0 Å². The molecule has 1 aliphatic heterocycles. The van der Waals surface area contributed by atoms with Crippen molar-refractivity contribution in [2.75, 3.05) is 13.2 Å². The van der Waals surface area contributed by atoms with Crippen LogP contribution in [0, 0.1) is 23.2 Å². The summed E-state index contributed by atoms with van der Waals surface area (Å²) in [4.78, 5) is 13.6. The van der Waals surface area contributed by atoms with Gasteiger partial charge in [0.1, 0.15) is 5.76 Å². The van der Waals surface area contributed by atoms with Crippen LogP contribution in [0.25, 0.3) is 11.3 Å². The summed E-state index contributed by atoms with van der Waals surface area (Å²) in [5.74, 6) is 2.76. The zero-order chi connectivity index (χ0) is 25.2. The zero-order valence-electron chi connectivity index (χ0n) is 20.7.